The molecule has 0 unspecified atom stereocenters. The number of ether oxygens (including phenoxy) is 2. The summed E-state index contributed by atoms with van der Waals surface area (Å²) in [4.78, 5) is 19.1. The van der Waals surface area contributed by atoms with E-state index in [2.05, 4.69) is 10.1 Å². The maximum absolute atomic E-state index is 13.3. The van der Waals surface area contributed by atoms with E-state index in [1.807, 2.05) is 4.90 Å². The molecule has 1 amide bonds. The maximum atomic E-state index is 13.3. The Morgan fingerprint density at radius 1 is 1.22 bits per heavy atom. The Morgan fingerprint density at radius 3 is 2.66 bits per heavy atom. The third-order valence-electron chi connectivity index (χ3n) is 6.34. The second-order valence-electron chi connectivity index (χ2n) is 8.43. The summed E-state index contributed by atoms with van der Waals surface area (Å²) in [5.74, 6) is -0.0656. The summed E-state index contributed by atoms with van der Waals surface area (Å²) in [6.07, 6.45) is 2.65. The van der Waals surface area contributed by atoms with Crippen molar-refractivity contribution >= 4 is 27.3 Å². The molecule has 3 fully saturated rings. The highest BCUT2D eigenvalue weighted by Crippen LogP contribution is 2.34. The van der Waals surface area contributed by atoms with E-state index >= 15 is 0 Å². The van der Waals surface area contributed by atoms with Gasteiger partial charge in [0.05, 0.1) is 19.1 Å². The third kappa shape index (κ3) is 4.10. The zero-order valence-electron chi connectivity index (χ0n) is 17.9. The molecule has 3 saturated heterocycles. The molecule has 0 bridgehead atoms. The number of sulfonamides is 1. The Hall–Kier alpha value is -1.86. The standard InChI is InChI=1S/C20H26N4O6S2/c1-14-21-18(22-30-14)16-11-17(31-13-16)32(26,27)24-6-2-3-15(12-24)19(25)23-7-4-20(5-8-23)28-9-10-29-20/h11,13,15H,2-10,12H2,1H3/t15-/m0/s1. The van der Waals surface area contributed by atoms with E-state index in [1.165, 1.54) is 4.31 Å². The molecular formula is C20H26N4O6S2. The van der Waals surface area contributed by atoms with Gasteiger partial charge in [-0.1, -0.05) is 5.16 Å². The number of rotatable bonds is 4. The first-order chi connectivity index (χ1) is 15.4. The fourth-order valence-electron chi connectivity index (χ4n) is 4.59. The van der Waals surface area contributed by atoms with Crippen LogP contribution in [-0.4, -0.2) is 78.9 Å². The quantitative estimate of drug-likeness (QED) is 0.649. The molecule has 10 nitrogen and oxygen atoms in total. The first kappa shape index (κ1) is 22.0. The van der Waals surface area contributed by atoms with E-state index < -0.39 is 15.8 Å². The number of hydrogen-bond donors (Lipinski definition) is 0. The Labute approximate surface area is 190 Å². The third-order valence-corrected chi connectivity index (χ3v) is 9.62. The largest absolute Gasteiger partial charge is 0.347 e. The molecule has 0 aliphatic carbocycles. The van der Waals surface area contributed by atoms with Gasteiger partial charge in [-0.2, -0.15) is 9.29 Å². The van der Waals surface area contributed by atoms with Crippen molar-refractivity contribution in [2.45, 2.75) is 42.6 Å². The van der Waals surface area contributed by atoms with Crippen molar-refractivity contribution in [2.24, 2.45) is 5.92 Å². The molecule has 0 saturated carbocycles. The van der Waals surface area contributed by atoms with Crippen molar-refractivity contribution in [2.75, 3.05) is 39.4 Å². The van der Waals surface area contributed by atoms with Crippen LogP contribution in [-0.2, 0) is 24.3 Å². The van der Waals surface area contributed by atoms with Gasteiger partial charge in [0.15, 0.2) is 5.79 Å². The lowest BCUT2D eigenvalue weighted by atomic mass is 9.96. The Kier molecular flexibility index (Phi) is 5.82. The molecule has 12 heteroatoms. The van der Waals surface area contributed by atoms with Gasteiger partial charge in [-0.3, -0.25) is 4.79 Å². The number of amides is 1. The van der Waals surface area contributed by atoms with Gasteiger partial charge in [-0.15, -0.1) is 11.3 Å². The van der Waals surface area contributed by atoms with Crippen molar-refractivity contribution in [3.63, 3.8) is 0 Å². The average Bonchev–Trinajstić information content (AvgIpc) is 3.55. The van der Waals surface area contributed by atoms with E-state index in [1.54, 1.807) is 18.4 Å². The highest BCUT2D eigenvalue weighted by atomic mass is 32.2. The number of nitrogens with zero attached hydrogens (tertiary/aromatic N) is 4. The van der Waals surface area contributed by atoms with Gasteiger partial charge in [0.1, 0.15) is 4.21 Å². The molecule has 5 rings (SSSR count). The number of carbonyl (C=O) groups excluding carboxylic acids is 1. The van der Waals surface area contributed by atoms with Gasteiger partial charge in [-0.05, 0) is 18.9 Å². The average molecular weight is 483 g/mol. The molecular weight excluding hydrogens is 456 g/mol. The second kappa shape index (κ2) is 8.49. The number of piperidine rings is 2. The zero-order valence-corrected chi connectivity index (χ0v) is 19.5. The van der Waals surface area contributed by atoms with Gasteiger partial charge in [0.2, 0.25) is 17.6 Å². The van der Waals surface area contributed by atoms with Gasteiger partial charge in [-0.25, -0.2) is 8.42 Å². The van der Waals surface area contributed by atoms with Crippen molar-refractivity contribution < 1.29 is 27.2 Å². The zero-order chi connectivity index (χ0) is 22.3. The second-order valence-corrected chi connectivity index (χ2v) is 11.5. The Bertz CT molecular complexity index is 1080. The van der Waals surface area contributed by atoms with Crippen LogP contribution in [0.3, 0.4) is 0 Å². The molecule has 5 heterocycles. The number of aryl methyl sites for hydroxylation is 1. The van der Waals surface area contributed by atoms with E-state index in [9.17, 15) is 13.2 Å². The summed E-state index contributed by atoms with van der Waals surface area (Å²) in [5, 5.41) is 5.56. The van der Waals surface area contributed by atoms with Crippen molar-refractivity contribution in [3.8, 4) is 11.4 Å². The van der Waals surface area contributed by atoms with Gasteiger partial charge in [0.25, 0.3) is 10.0 Å². The number of carbonyl (C=O) groups is 1. The van der Waals surface area contributed by atoms with E-state index in [0.29, 0.717) is 75.8 Å². The Morgan fingerprint density at radius 2 is 1.97 bits per heavy atom. The fourth-order valence-corrected chi connectivity index (χ4v) is 7.42. The molecule has 174 valence electrons. The molecule has 1 spiro atoms. The van der Waals surface area contributed by atoms with Crippen LogP contribution in [0.4, 0.5) is 0 Å². The molecule has 0 N–H and O–H groups in total. The summed E-state index contributed by atoms with van der Waals surface area (Å²) >= 11 is 1.13. The van der Waals surface area contributed by atoms with Gasteiger partial charge >= 0.3 is 0 Å². The van der Waals surface area contributed by atoms with Crippen LogP contribution in [0.15, 0.2) is 20.2 Å². The summed E-state index contributed by atoms with van der Waals surface area (Å²) in [7, 11) is -3.70. The summed E-state index contributed by atoms with van der Waals surface area (Å²) in [6, 6.07) is 1.57. The van der Waals surface area contributed by atoms with Crippen LogP contribution >= 0.6 is 11.3 Å². The Balaban J connectivity index is 1.25. The molecule has 2 aromatic heterocycles. The highest BCUT2D eigenvalue weighted by Gasteiger charge is 2.43. The van der Waals surface area contributed by atoms with Crippen LogP contribution < -0.4 is 0 Å². The predicted molar refractivity (Wildman–Crippen MR) is 114 cm³/mol. The smallest absolute Gasteiger partial charge is 0.252 e. The summed E-state index contributed by atoms with van der Waals surface area (Å²) in [5.41, 5.74) is 0.605. The van der Waals surface area contributed by atoms with Crippen LogP contribution in [0, 0.1) is 12.8 Å². The number of thiophene rings is 1. The molecule has 3 aliphatic rings. The molecule has 2 aromatic rings. The lowest BCUT2D eigenvalue weighted by Crippen LogP contribution is -2.51. The number of likely N-dealkylation sites (tertiary alicyclic amines) is 1. The predicted octanol–water partition coefficient (Wildman–Crippen LogP) is 1.87. The highest BCUT2D eigenvalue weighted by molar-refractivity contribution is 7.91. The minimum Gasteiger partial charge on any atom is -0.347 e. The SMILES string of the molecule is Cc1nc(-c2csc(S(=O)(=O)N3CCC[C@H](C(=O)N4CCC5(CC4)OCCO5)C3)c2)no1. The monoisotopic (exact) mass is 482 g/mol. The van der Waals surface area contributed by atoms with Crippen molar-refractivity contribution in [1.82, 2.24) is 19.3 Å². The maximum Gasteiger partial charge on any atom is 0.252 e. The van der Waals surface area contributed by atoms with Crippen molar-refractivity contribution in [1.29, 1.82) is 0 Å². The van der Waals surface area contributed by atoms with Crippen LogP contribution in [0.25, 0.3) is 11.4 Å². The van der Waals surface area contributed by atoms with Crippen LogP contribution in [0.2, 0.25) is 0 Å². The lowest BCUT2D eigenvalue weighted by Gasteiger charge is -2.40. The molecule has 3 aliphatic heterocycles. The van der Waals surface area contributed by atoms with Crippen LogP contribution in [0.5, 0.6) is 0 Å². The summed E-state index contributed by atoms with van der Waals surface area (Å²) < 4.78 is 44.7. The van der Waals surface area contributed by atoms with Crippen molar-refractivity contribution in [3.05, 3.63) is 17.3 Å². The normalized spacial score (nSPS) is 24.3. The fraction of sp³-hybridized carbons (Fsp3) is 0.650. The molecule has 0 radical (unpaired) electrons. The minimum atomic E-state index is -3.70. The minimum absolute atomic E-state index is 0.0203. The first-order valence-electron chi connectivity index (χ1n) is 10.8. The van der Waals surface area contributed by atoms with E-state index in [-0.39, 0.29) is 22.6 Å². The topological polar surface area (TPSA) is 115 Å². The van der Waals surface area contributed by atoms with Gasteiger partial charge < -0.3 is 18.9 Å². The van der Waals surface area contributed by atoms with E-state index in [4.69, 9.17) is 14.0 Å². The van der Waals surface area contributed by atoms with Crippen LogP contribution in [0.1, 0.15) is 31.6 Å². The molecule has 1 atom stereocenters. The molecule has 32 heavy (non-hydrogen) atoms. The molecule has 0 aromatic carbocycles. The van der Waals surface area contributed by atoms with Gasteiger partial charge in [0, 0.05) is 56.9 Å². The van der Waals surface area contributed by atoms with E-state index in [0.717, 1.165) is 11.3 Å². The summed E-state index contributed by atoms with van der Waals surface area (Å²) in [6.45, 7) is 4.62. The lowest BCUT2D eigenvalue weighted by molar-refractivity contribution is -0.188. The number of aromatic nitrogens is 2. The first-order valence-corrected chi connectivity index (χ1v) is 13.1. The number of hydrogen-bond acceptors (Lipinski definition) is 9.